The second kappa shape index (κ2) is 7.00. The van der Waals surface area contributed by atoms with Crippen LogP contribution in [-0.2, 0) is 0 Å². The number of rotatable bonds is 4. The van der Waals surface area contributed by atoms with E-state index in [0.29, 0.717) is 22.6 Å². The molecule has 0 aliphatic heterocycles. The molecule has 3 aromatic rings. The highest BCUT2D eigenvalue weighted by molar-refractivity contribution is 6.04. The van der Waals surface area contributed by atoms with Crippen molar-refractivity contribution in [1.29, 1.82) is 0 Å². The van der Waals surface area contributed by atoms with Crippen LogP contribution in [0.15, 0.2) is 55.0 Å². The van der Waals surface area contributed by atoms with Gasteiger partial charge in [-0.2, -0.15) is 0 Å². The molecule has 0 radical (unpaired) electrons. The Labute approximate surface area is 149 Å². The third-order valence-corrected chi connectivity index (χ3v) is 3.68. The first-order valence-corrected chi connectivity index (χ1v) is 7.71. The first-order chi connectivity index (χ1) is 12.0. The number of nitrogens with zero attached hydrogens (tertiary/aromatic N) is 3. The quantitative estimate of drug-likeness (QED) is 0.726. The van der Waals surface area contributed by atoms with Crippen molar-refractivity contribution in [3.8, 4) is 11.3 Å². The molecule has 0 unspecified atom stereocenters. The van der Waals surface area contributed by atoms with Crippen LogP contribution >= 0.6 is 0 Å². The second-order valence-corrected chi connectivity index (χ2v) is 5.52. The summed E-state index contributed by atoms with van der Waals surface area (Å²) in [5.74, 6) is -0.380. The standard InChI is InChI=1S/C19H16N4O2.3H2/c1-12-18(23-17(11-21-12)15-4-3-9-20-10-15)19(25)22-16-7-5-14(6-8-16)13(2)24;;;/h3-11H,1-2H3,(H,22,25);3*1H. The van der Waals surface area contributed by atoms with Gasteiger partial charge in [0.2, 0.25) is 0 Å². The molecule has 2 heterocycles. The van der Waals surface area contributed by atoms with E-state index in [1.807, 2.05) is 6.07 Å². The molecule has 2 aromatic heterocycles. The first kappa shape index (κ1) is 16.4. The molecular weight excluding hydrogens is 316 g/mol. The van der Waals surface area contributed by atoms with Crippen molar-refractivity contribution in [2.75, 3.05) is 5.32 Å². The lowest BCUT2D eigenvalue weighted by atomic mass is 10.1. The molecule has 0 atom stereocenters. The van der Waals surface area contributed by atoms with Gasteiger partial charge in [0.1, 0.15) is 5.69 Å². The van der Waals surface area contributed by atoms with Gasteiger partial charge in [0.15, 0.2) is 5.78 Å². The number of Topliss-reactive ketones (excluding diaryl/α,β-unsaturated/α-hetero) is 1. The molecular formula is C19H22N4O2. The summed E-state index contributed by atoms with van der Waals surface area (Å²) in [7, 11) is 0. The van der Waals surface area contributed by atoms with Gasteiger partial charge in [0, 0.05) is 33.5 Å². The molecule has 130 valence electrons. The summed E-state index contributed by atoms with van der Waals surface area (Å²) in [6.07, 6.45) is 4.95. The highest BCUT2D eigenvalue weighted by Crippen LogP contribution is 2.17. The molecule has 1 aromatic carbocycles. The first-order valence-electron chi connectivity index (χ1n) is 7.71. The molecule has 25 heavy (non-hydrogen) atoms. The summed E-state index contributed by atoms with van der Waals surface area (Å²) in [6.45, 7) is 3.23. The van der Waals surface area contributed by atoms with Gasteiger partial charge >= 0.3 is 0 Å². The molecule has 0 aliphatic carbocycles. The van der Waals surface area contributed by atoms with Crippen LogP contribution in [0.4, 0.5) is 5.69 Å². The zero-order chi connectivity index (χ0) is 17.8. The fourth-order valence-corrected chi connectivity index (χ4v) is 2.30. The summed E-state index contributed by atoms with van der Waals surface area (Å²) in [5, 5.41) is 2.78. The lowest BCUT2D eigenvalue weighted by Crippen LogP contribution is -2.16. The number of amides is 1. The van der Waals surface area contributed by atoms with Crippen LogP contribution in [0.1, 0.15) is 37.7 Å². The Bertz CT molecular complexity index is 936. The van der Waals surface area contributed by atoms with E-state index in [9.17, 15) is 9.59 Å². The minimum absolute atomic E-state index is 0. The van der Waals surface area contributed by atoms with Gasteiger partial charge in [-0.15, -0.1) is 0 Å². The van der Waals surface area contributed by atoms with Gasteiger partial charge in [-0.25, -0.2) is 4.98 Å². The van der Waals surface area contributed by atoms with E-state index >= 15 is 0 Å². The summed E-state index contributed by atoms with van der Waals surface area (Å²) in [6, 6.07) is 10.4. The lowest BCUT2D eigenvalue weighted by Gasteiger charge is -2.09. The van der Waals surface area contributed by atoms with Crippen LogP contribution < -0.4 is 5.32 Å². The van der Waals surface area contributed by atoms with Crippen LogP contribution in [-0.4, -0.2) is 26.6 Å². The van der Waals surface area contributed by atoms with E-state index in [1.54, 1.807) is 55.8 Å². The SMILES string of the molecule is CC(=O)c1ccc(NC(=O)c2nc(-c3cccnc3)cnc2C)cc1.[HH].[HH].[HH]. The van der Waals surface area contributed by atoms with Crippen LogP contribution in [0.25, 0.3) is 11.3 Å². The third-order valence-electron chi connectivity index (χ3n) is 3.68. The number of ketones is 1. The van der Waals surface area contributed by atoms with Crippen LogP contribution in [0.5, 0.6) is 0 Å². The molecule has 3 rings (SSSR count). The molecule has 0 aliphatic rings. The van der Waals surface area contributed by atoms with Gasteiger partial charge in [-0.1, -0.05) is 0 Å². The Morgan fingerprint density at radius 2 is 1.84 bits per heavy atom. The molecule has 0 spiro atoms. The molecule has 6 heteroatoms. The predicted molar refractivity (Wildman–Crippen MR) is 101 cm³/mol. The van der Waals surface area contributed by atoms with E-state index in [0.717, 1.165) is 5.56 Å². The summed E-state index contributed by atoms with van der Waals surface area (Å²) >= 11 is 0. The minimum atomic E-state index is -0.355. The molecule has 1 N–H and O–H groups in total. The number of nitrogens with one attached hydrogen (secondary N) is 1. The maximum Gasteiger partial charge on any atom is 0.276 e. The number of hydrogen-bond acceptors (Lipinski definition) is 5. The number of hydrogen-bond donors (Lipinski definition) is 1. The lowest BCUT2D eigenvalue weighted by molar-refractivity contribution is 0.101. The van der Waals surface area contributed by atoms with E-state index in [-0.39, 0.29) is 21.7 Å². The third kappa shape index (κ3) is 3.74. The smallest absolute Gasteiger partial charge is 0.276 e. The largest absolute Gasteiger partial charge is 0.321 e. The van der Waals surface area contributed by atoms with Crippen molar-refractivity contribution in [2.24, 2.45) is 0 Å². The van der Waals surface area contributed by atoms with Crippen LogP contribution in [0.2, 0.25) is 0 Å². The molecule has 1 amide bonds. The monoisotopic (exact) mass is 338 g/mol. The molecule has 0 saturated carbocycles. The van der Waals surface area contributed by atoms with Gasteiger partial charge < -0.3 is 5.32 Å². The fraction of sp³-hybridized carbons (Fsp3) is 0.105. The predicted octanol–water partition coefficient (Wildman–Crippen LogP) is 4.04. The average molecular weight is 338 g/mol. The Hall–Kier alpha value is -3.41. The maximum absolute atomic E-state index is 12.5. The van der Waals surface area contributed by atoms with Gasteiger partial charge in [-0.3, -0.25) is 19.6 Å². The highest BCUT2D eigenvalue weighted by Gasteiger charge is 2.14. The Kier molecular flexibility index (Phi) is 4.61. The van der Waals surface area contributed by atoms with Crippen LogP contribution in [0, 0.1) is 6.92 Å². The van der Waals surface area contributed by atoms with E-state index in [1.165, 1.54) is 6.92 Å². The molecule has 0 saturated heterocycles. The Morgan fingerprint density at radius 3 is 2.48 bits per heavy atom. The number of carbonyl (C=O) groups excluding carboxylic acids is 2. The number of pyridine rings is 1. The Balaban J connectivity index is 0.00000243. The van der Waals surface area contributed by atoms with Crippen molar-refractivity contribution in [3.05, 3.63) is 71.9 Å². The summed E-state index contributed by atoms with van der Waals surface area (Å²) in [5.41, 5.74) is 3.32. The highest BCUT2D eigenvalue weighted by atomic mass is 16.2. The topological polar surface area (TPSA) is 84.8 Å². The number of carbonyl (C=O) groups is 2. The number of aryl methyl sites for hydroxylation is 1. The second-order valence-electron chi connectivity index (χ2n) is 5.52. The summed E-state index contributed by atoms with van der Waals surface area (Å²) in [4.78, 5) is 36.6. The number of anilines is 1. The molecule has 0 fully saturated rings. The Morgan fingerprint density at radius 1 is 1.08 bits per heavy atom. The maximum atomic E-state index is 12.5. The van der Waals surface area contributed by atoms with Gasteiger partial charge in [-0.05, 0) is 50.2 Å². The average Bonchev–Trinajstić information content (AvgIpc) is 2.63. The van der Waals surface area contributed by atoms with E-state index in [2.05, 4.69) is 20.3 Å². The molecule has 0 bridgehead atoms. The van der Waals surface area contributed by atoms with Crippen molar-refractivity contribution >= 4 is 17.4 Å². The van der Waals surface area contributed by atoms with Crippen molar-refractivity contribution in [3.63, 3.8) is 0 Å². The summed E-state index contributed by atoms with van der Waals surface area (Å²) < 4.78 is 0. The normalized spacial score (nSPS) is 10.3. The van der Waals surface area contributed by atoms with Crippen molar-refractivity contribution in [2.45, 2.75) is 13.8 Å². The van der Waals surface area contributed by atoms with Crippen molar-refractivity contribution in [1.82, 2.24) is 15.0 Å². The van der Waals surface area contributed by atoms with Crippen molar-refractivity contribution < 1.29 is 13.9 Å². The minimum Gasteiger partial charge on any atom is -0.321 e. The zero-order valence-electron chi connectivity index (χ0n) is 13.9. The number of aromatic nitrogens is 3. The fourth-order valence-electron chi connectivity index (χ4n) is 2.30. The van der Waals surface area contributed by atoms with E-state index < -0.39 is 0 Å². The van der Waals surface area contributed by atoms with Gasteiger partial charge in [0.25, 0.3) is 5.91 Å². The van der Waals surface area contributed by atoms with E-state index in [4.69, 9.17) is 0 Å². The van der Waals surface area contributed by atoms with Crippen LogP contribution in [0.3, 0.4) is 0 Å². The number of benzene rings is 1. The van der Waals surface area contributed by atoms with Gasteiger partial charge in [0.05, 0.1) is 17.6 Å². The zero-order valence-corrected chi connectivity index (χ0v) is 13.9. The molecule has 6 nitrogen and oxygen atoms in total.